The lowest BCUT2D eigenvalue weighted by Gasteiger charge is -2.35. The molecule has 7 heteroatoms. The largest absolute Gasteiger partial charge is 0.489 e. The van der Waals surface area contributed by atoms with Crippen molar-refractivity contribution in [2.75, 3.05) is 26.7 Å². The number of rotatable bonds is 10. The minimum absolute atomic E-state index is 0. The zero-order valence-corrected chi connectivity index (χ0v) is 20.9. The summed E-state index contributed by atoms with van der Waals surface area (Å²) in [5.74, 6) is 2.04. The van der Waals surface area contributed by atoms with Crippen LogP contribution in [-0.4, -0.2) is 41.8 Å². The Morgan fingerprint density at radius 3 is 2.33 bits per heavy atom. The number of unbranched alkanes of at least 4 members (excludes halogenated alkanes) is 1. The molecule has 0 bridgehead atoms. The lowest BCUT2D eigenvalue weighted by atomic mass is 10.0. The lowest BCUT2D eigenvalue weighted by Crippen LogP contribution is -2.46. The molecule has 2 aromatic carbocycles. The van der Waals surface area contributed by atoms with Crippen molar-refractivity contribution in [2.45, 2.75) is 32.8 Å². The molecule has 4 rings (SSSR count). The number of ether oxygens (including phenoxy) is 2. The first-order valence-corrected chi connectivity index (χ1v) is 11.2. The second kappa shape index (κ2) is 13.4. The smallest absolute Gasteiger partial charge is 0.234 e. The normalized spacial score (nSPS) is 13.4. The quantitative estimate of drug-likeness (QED) is 0.357. The van der Waals surface area contributed by atoms with E-state index >= 15 is 0 Å². The Morgan fingerprint density at radius 2 is 1.67 bits per heavy atom. The van der Waals surface area contributed by atoms with Gasteiger partial charge >= 0.3 is 0 Å². The summed E-state index contributed by atoms with van der Waals surface area (Å²) in [6, 6.07) is 20.5. The Labute approximate surface area is 209 Å². The van der Waals surface area contributed by atoms with Gasteiger partial charge in [-0.2, -0.15) is 5.10 Å². The Hall–Kier alpha value is -2.34. The molecule has 0 radical (unpaired) electrons. The van der Waals surface area contributed by atoms with Crippen LogP contribution in [0, 0.1) is 5.92 Å². The van der Waals surface area contributed by atoms with Gasteiger partial charge in [0.2, 0.25) is 5.88 Å². The van der Waals surface area contributed by atoms with E-state index in [1.807, 2.05) is 36.4 Å². The van der Waals surface area contributed by atoms with Crippen molar-refractivity contribution in [1.29, 1.82) is 0 Å². The van der Waals surface area contributed by atoms with Crippen LogP contribution in [-0.2, 0) is 13.0 Å². The van der Waals surface area contributed by atoms with Gasteiger partial charge in [-0.25, -0.2) is 0 Å². The summed E-state index contributed by atoms with van der Waals surface area (Å²) in [6.45, 7) is 5.61. The fourth-order valence-corrected chi connectivity index (χ4v) is 3.86. The molecule has 1 aliphatic heterocycles. The van der Waals surface area contributed by atoms with Crippen molar-refractivity contribution < 1.29 is 9.47 Å². The molecular weight excluding hydrogens is 457 g/mol. The molecule has 1 aromatic heterocycles. The molecule has 3 aromatic rings. The van der Waals surface area contributed by atoms with Crippen molar-refractivity contribution in [3.05, 3.63) is 71.9 Å². The van der Waals surface area contributed by atoms with Gasteiger partial charge in [0.05, 0.1) is 12.3 Å². The molecule has 0 N–H and O–H groups in total. The maximum Gasteiger partial charge on any atom is 0.234 e. The molecule has 1 saturated heterocycles. The van der Waals surface area contributed by atoms with Crippen molar-refractivity contribution in [3.63, 3.8) is 0 Å². The molecule has 0 amide bonds. The standard InChI is InChI=1S/C26H31N3O2.2ClH/c1-3-4-10-25-24(15-26(28-27-25)31-19-21-16-29(2)17-21)22-11-13-23(14-12-22)30-18-20-8-6-5-7-9-20;;/h5-9,11-15,21H,3-4,10,16-19H2,1-2H3;2*1H. The van der Waals surface area contributed by atoms with E-state index in [0.717, 1.165) is 60.5 Å². The van der Waals surface area contributed by atoms with E-state index in [9.17, 15) is 0 Å². The van der Waals surface area contributed by atoms with Crippen LogP contribution >= 0.6 is 24.8 Å². The number of benzene rings is 2. The average molecular weight is 490 g/mol. The Kier molecular flexibility index (Phi) is 10.9. The molecular formula is C26H33Cl2N3O2. The lowest BCUT2D eigenvalue weighted by molar-refractivity contribution is 0.0834. The van der Waals surface area contributed by atoms with Gasteiger partial charge in [-0.15, -0.1) is 29.9 Å². The predicted octanol–water partition coefficient (Wildman–Crippen LogP) is 5.85. The van der Waals surface area contributed by atoms with E-state index in [0.29, 0.717) is 25.0 Å². The third-order valence-electron chi connectivity index (χ3n) is 5.64. The summed E-state index contributed by atoms with van der Waals surface area (Å²) in [4.78, 5) is 2.29. The van der Waals surface area contributed by atoms with E-state index in [2.05, 4.69) is 53.3 Å². The molecule has 1 aliphatic rings. The van der Waals surface area contributed by atoms with Crippen molar-refractivity contribution in [1.82, 2.24) is 15.1 Å². The minimum Gasteiger partial charge on any atom is -0.489 e. The molecule has 178 valence electrons. The fourth-order valence-electron chi connectivity index (χ4n) is 3.86. The van der Waals surface area contributed by atoms with Crippen LogP contribution in [0.25, 0.3) is 11.1 Å². The number of hydrogen-bond donors (Lipinski definition) is 0. The summed E-state index contributed by atoms with van der Waals surface area (Å²) < 4.78 is 11.9. The van der Waals surface area contributed by atoms with Crippen molar-refractivity contribution in [3.8, 4) is 22.8 Å². The fraction of sp³-hybridized carbons (Fsp3) is 0.385. The molecule has 2 heterocycles. The van der Waals surface area contributed by atoms with Gasteiger partial charge in [0.15, 0.2) is 0 Å². The number of halogens is 2. The Morgan fingerprint density at radius 1 is 0.939 bits per heavy atom. The number of aromatic nitrogens is 2. The van der Waals surface area contributed by atoms with Crippen LogP contribution in [0.15, 0.2) is 60.7 Å². The van der Waals surface area contributed by atoms with Gasteiger partial charge in [-0.05, 0) is 43.1 Å². The van der Waals surface area contributed by atoms with E-state index < -0.39 is 0 Å². The molecule has 0 spiro atoms. The average Bonchev–Trinajstić information content (AvgIpc) is 2.80. The minimum atomic E-state index is 0. The van der Waals surface area contributed by atoms with Crippen LogP contribution in [0.5, 0.6) is 11.6 Å². The van der Waals surface area contributed by atoms with Gasteiger partial charge < -0.3 is 14.4 Å². The molecule has 0 saturated carbocycles. The first-order chi connectivity index (χ1) is 15.2. The first-order valence-electron chi connectivity index (χ1n) is 11.2. The zero-order chi connectivity index (χ0) is 21.5. The summed E-state index contributed by atoms with van der Waals surface area (Å²) in [5, 5.41) is 8.85. The molecule has 1 fully saturated rings. The van der Waals surface area contributed by atoms with Crippen LogP contribution in [0.2, 0.25) is 0 Å². The zero-order valence-electron chi connectivity index (χ0n) is 19.3. The van der Waals surface area contributed by atoms with Gasteiger partial charge in [0, 0.05) is 30.6 Å². The summed E-state index contributed by atoms with van der Waals surface area (Å²) >= 11 is 0. The van der Waals surface area contributed by atoms with Gasteiger partial charge in [0.1, 0.15) is 12.4 Å². The molecule has 0 atom stereocenters. The second-order valence-corrected chi connectivity index (χ2v) is 8.34. The van der Waals surface area contributed by atoms with Crippen LogP contribution in [0.3, 0.4) is 0 Å². The molecule has 0 aliphatic carbocycles. The van der Waals surface area contributed by atoms with E-state index in [4.69, 9.17) is 9.47 Å². The molecule has 0 unspecified atom stereocenters. The van der Waals surface area contributed by atoms with Gasteiger partial charge in [-0.3, -0.25) is 0 Å². The number of aryl methyl sites for hydroxylation is 1. The second-order valence-electron chi connectivity index (χ2n) is 8.34. The maximum atomic E-state index is 5.97. The van der Waals surface area contributed by atoms with Crippen LogP contribution in [0.4, 0.5) is 0 Å². The first kappa shape index (κ1) is 26.9. The SMILES string of the molecule is CCCCc1nnc(OCC2CN(C)C2)cc1-c1ccc(OCc2ccccc2)cc1.Cl.Cl. The van der Waals surface area contributed by atoms with Gasteiger partial charge in [0.25, 0.3) is 0 Å². The van der Waals surface area contributed by atoms with E-state index in [1.54, 1.807) is 0 Å². The Balaban J connectivity index is 0.00000193. The highest BCUT2D eigenvalue weighted by atomic mass is 35.5. The highest BCUT2D eigenvalue weighted by Crippen LogP contribution is 2.28. The van der Waals surface area contributed by atoms with Crippen LogP contribution < -0.4 is 9.47 Å². The van der Waals surface area contributed by atoms with E-state index in [-0.39, 0.29) is 24.8 Å². The van der Waals surface area contributed by atoms with Gasteiger partial charge in [-0.1, -0.05) is 55.8 Å². The van der Waals surface area contributed by atoms with Crippen molar-refractivity contribution in [2.24, 2.45) is 5.92 Å². The summed E-state index contributed by atoms with van der Waals surface area (Å²) in [5.41, 5.74) is 4.39. The predicted molar refractivity (Wildman–Crippen MR) is 138 cm³/mol. The number of hydrogen-bond acceptors (Lipinski definition) is 5. The van der Waals surface area contributed by atoms with Crippen LogP contribution in [0.1, 0.15) is 31.0 Å². The summed E-state index contributed by atoms with van der Waals surface area (Å²) in [7, 11) is 2.13. The monoisotopic (exact) mass is 489 g/mol. The number of likely N-dealkylation sites (tertiary alicyclic amines) is 1. The maximum absolute atomic E-state index is 5.97. The van der Waals surface area contributed by atoms with Crippen molar-refractivity contribution >= 4 is 24.8 Å². The summed E-state index contributed by atoms with van der Waals surface area (Å²) in [6.07, 6.45) is 3.13. The third-order valence-corrected chi connectivity index (χ3v) is 5.64. The highest BCUT2D eigenvalue weighted by Gasteiger charge is 2.24. The Bertz CT molecular complexity index is 965. The highest BCUT2D eigenvalue weighted by molar-refractivity contribution is 5.85. The van der Waals surface area contributed by atoms with E-state index in [1.165, 1.54) is 0 Å². The molecule has 5 nitrogen and oxygen atoms in total. The third kappa shape index (κ3) is 7.60. The molecule has 33 heavy (non-hydrogen) atoms. The topological polar surface area (TPSA) is 47.5 Å². The number of nitrogens with zero attached hydrogens (tertiary/aromatic N) is 3.